The van der Waals surface area contributed by atoms with Crippen LogP contribution in [0.1, 0.15) is 20.8 Å². The van der Waals surface area contributed by atoms with E-state index in [1.54, 1.807) is 0 Å². The van der Waals surface area contributed by atoms with Crippen molar-refractivity contribution in [3.8, 4) is 0 Å². The molecular formula is C8H17BrO2. The second-order valence-electron chi connectivity index (χ2n) is 2.94. The lowest BCUT2D eigenvalue weighted by molar-refractivity contribution is -0.0296. The summed E-state index contributed by atoms with van der Waals surface area (Å²) in [7, 11) is 0. The van der Waals surface area contributed by atoms with Crippen molar-refractivity contribution in [3.05, 3.63) is 0 Å². The summed E-state index contributed by atoms with van der Waals surface area (Å²) >= 11 is 3.37. The van der Waals surface area contributed by atoms with Crippen LogP contribution in [-0.2, 0) is 9.47 Å². The predicted molar refractivity (Wildman–Crippen MR) is 50.3 cm³/mol. The predicted octanol–water partition coefficient (Wildman–Crippen LogP) is 2.21. The smallest absolute Gasteiger partial charge is 0.0724 e. The molecule has 3 heteroatoms. The van der Waals surface area contributed by atoms with Crippen molar-refractivity contribution < 1.29 is 9.47 Å². The van der Waals surface area contributed by atoms with Crippen LogP contribution in [0.4, 0.5) is 0 Å². The minimum absolute atomic E-state index is 0.0723. The largest absolute Gasteiger partial charge is 0.379 e. The standard InChI is InChI=1S/C8H17BrO2/c1-4-10-5-6-11-8(2,3)7-9/h4-7H2,1-3H3. The Kier molecular flexibility index (Phi) is 6.19. The molecule has 0 aromatic heterocycles. The van der Waals surface area contributed by atoms with E-state index in [1.165, 1.54) is 0 Å². The molecule has 0 aliphatic heterocycles. The highest BCUT2D eigenvalue weighted by Gasteiger charge is 2.15. The number of alkyl halides is 1. The first kappa shape index (κ1) is 11.4. The first-order valence-electron chi connectivity index (χ1n) is 3.90. The van der Waals surface area contributed by atoms with Gasteiger partial charge in [0, 0.05) is 11.9 Å². The van der Waals surface area contributed by atoms with Gasteiger partial charge in [-0.25, -0.2) is 0 Å². The van der Waals surface area contributed by atoms with Crippen molar-refractivity contribution in [1.29, 1.82) is 0 Å². The monoisotopic (exact) mass is 224 g/mol. The summed E-state index contributed by atoms with van der Waals surface area (Å²) < 4.78 is 10.6. The summed E-state index contributed by atoms with van der Waals surface area (Å²) in [5.41, 5.74) is -0.0723. The third kappa shape index (κ3) is 6.78. The average Bonchev–Trinajstić information content (AvgIpc) is 1.99. The Morgan fingerprint density at radius 2 is 1.91 bits per heavy atom. The van der Waals surface area contributed by atoms with E-state index in [-0.39, 0.29) is 5.60 Å². The molecule has 0 amide bonds. The Morgan fingerprint density at radius 1 is 1.27 bits per heavy atom. The second kappa shape index (κ2) is 5.98. The van der Waals surface area contributed by atoms with E-state index in [0.717, 1.165) is 11.9 Å². The van der Waals surface area contributed by atoms with Gasteiger partial charge in [0.15, 0.2) is 0 Å². The molecule has 0 radical (unpaired) electrons. The third-order valence-corrected chi connectivity index (χ3v) is 2.60. The van der Waals surface area contributed by atoms with Gasteiger partial charge in [-0.15, -0.1) is 0 Å². The van der Waals surface area contributed by atoms with Gasteiger partial charge in [-0.1, -0.05) is 15.9 Å². The second-order valence-corrected chi connectivity index (χ2v) is 3.50. The summed E-state index contributed by atoms with van der Waals surface area (Å²) in [5, 5.41) is 0.853. The zero-order valence-corrected chi connectivity index (χ0v) is 9.11. The Morgan fingerprint density at radius 3 is 2.36 bits per heavy atom. The number of hydrogen-bond acceptors (Lipinski definition) is 2. The first-order chi connectivity index (χ1) is 5.12. The fourth-order valence-corrected chi connectivity index (χ4v) is 0.722. The molecule has 0 aliphatic rings. The van der Waals surface area contributed by atoms with Crippen LogP contribution in [0.25, 0.3) is 0 Å². The fourth-order valence-electron chi connectivity index (χ4n) is 0.560. The lowest BCUT2D eigenvalue weighted by atomic mass is 10.2. The molecule has 0 aromatic carbocycles. The van der Waals surface area contributed by atoms with Gasteiger partial charge in [-0.2, -0.15) is 0 Å². The number of ether oxygens (including phenoxy) is 2. The van der Waals surface area contributed by atoms with Gasteiger partial charge in [-0.3, -0.25) is 0 Å². The van der Waals surface area contributed by atoms with Gasteiger partial charge in [0.1, 0.15) is 0 Å². The number of rotatable bonds is 6. The third-order valence-electron chi connectivity index (χ3n) is 1.25. The van der Waals surface area contributed by atoms with Crippen molar-refractivity contribution in [2.75, 3.05) is 25.2 Å². The minimum Gasteiger partial charge on any atom is -0.379 e. The molecular weight excluding hydrogens is 208 g/mol. The molecule has 0 fully saturated rings. The number of halogens is 1. The Hall–Kier alpha value is 0.400. The summed E-state index contributed by atoms with van der Waals surface area (Å²) in [5.74, 6) is 0. The molecule has 0 heterocycles. The molecule has 0 rings (SSSR count). The van der Waals surface area contributed by atoms with E-state index in [2.05, 4.69) is 15.9 Å². The van der Waals surface area contributed by atoms with Crippen LogP contribution >= 0.6 is 15.9 Å². The maximum Gasteiger partial charge on any atom is 0.0724 e. The van der Waals surface area contributed by atoms with E-state index >= 15 is 0 Å². The van der Waals surface area contributed by atoms with Gasteiger partial charge in [-0.05, 0) is 20.8 Å². The molecule has 0 N–H and O–H groups in total. The maximum absolute atomic E-state index is 5.51. The fraction of sp³-hybridized carbons (Fsp3) is 1.00. The first-order valence-corrected chi connectivity index (χ1v) is 5.02. The summed E-state index contributed by atoms with van der Waals surface area (Å²) in [6.07, 6.45) is 0. The van der Waals surface area contributed by atoms with E-state index in [0.29, 0.717) is 13.2 Å². The van der Waals surface area contributed by atoms with E-state index in [9.17, 15) is 0 Å². The van der Waals surface area contributed by atoms with Crippen LogP contribution in [0.5, 0.6) is 0 Å². The van der Waals surface area contributed by atoms with Crippen LogP contribution in [0.15, 0.2) is 0 Å². The van der Waals surface area contributed by atoms with Crippen molar-refractivity contribution in [2.45, 2.75) is 26.4 Å². The van der Waals surface area contributed by atoms with E-state index in [4.69, 9.17) is 9.47 Å². The molecule has 0 spiro atoms. The van der Waals surface area contributed by atoms with E-state index in [1.807, 2.05) is 20.8 Å². The van der Waals surface area contributed by atoms with Crippen LogP contribution in [0.2, 0.25) is 0 Å². The van der Waals surface area contributed by atoms with Gasteiger partial charge >= 0.3 is 0 Å². The van der Waals surface area contributed by atoms with Crippen LogP contribution < -0.4 is 0 Å². The van der Waals surface area contributed by atoms with Crippen molar-refractivity contribution in [1.82, 2.24) is 0 Å². The molecule has 11 heavy (non-hydrogen) atoms. The van der Waals surface area contributed by atoms with Gasteiger partial charge in [0.05, 0.1) is 18.8 Å². The van der Waals surface area contributed by atoms with E-state index < -0.39 is 0 Å². The molecule has 0 aliphatic carbocycles. The summed E-state index contributed by atoms with van der Waals surface area (Å²) in [6.45, 7) is 8.20. The van der Waals surface area contributed by atoms with Gasteiger partial charge in [0.2, 0.25) is 0 Å². The zero-order valence-electron chi connectivity index (χ0n) is 7.52. The highest BCUT2D eigenvalue weighted by atomic mass is 79.9. The lowest BCUT2D eigenvalue weighted by Crippen LogP contribution is -2.27. The normalized spacial score (nSPS) is 12.0. The van der Waals surface area contributed by atoms with Gasteiger partial charge < -0.3 is 9.47 Å². The quantitative estimate of drug-likeness (QED) is 0.509. The summed E-state index contributed by atoms with van der Waals surface area (Å²) in [4.78, 5) is 0. The molecule has 2 nitrogen and oxygen atoms in total. The average molecular weight is 225 g/mol. The summed E-state index contributed by atoms with van der Waals surface area (Å²) in [6, 6.07) is 0. The minimum atomic E-state index is -0.0723. The molecule has 0 unspecified atom stereocenters. The molecule has 68 valence electrons. The van der Waals surface area contributed by atoms with Crippen LogP contribution in [0, 0.1) is 0 Å². The van der Waals surface area contributed by atoms with Crippen LogP contribution in [-0.4, -0.2) is 30.8 Å². The highest BCUT2D eigenvalue weighted by Crippen LogP contribution is 2.11. The molecule has 0 atom stereocenters. The Balaban J connectivity index is 3.23. The van der Waals surface area contributed by atoms with Crippen molar-refractivity contribution in [3.63, 3.8) is 0 Å². The Bertz CT molecular complexity index is 94.1. The molecule has 0 saturated carbocycles. The Labute approximate surface area is 77.4 Å². The lowest BCUT2D eigenvalue weighted by Gasteiger charge is -2.22. The van der Waals surface area contributed by atoms with Crippen LogP contribution in [0.3, 0.4) is 0 Å². The van der Waals surface area contributed by atoms with Crippen molar-refractivity contribution >= 4 is 15.9 Å². The molecule has 0 bridgehead atoms. The highest BCUT2D eigenvalue weighted by molar-refractivity contribution is 9.09. The van der Waals surface area contributed by atoms with Crippen molar-refractivity contribution in [2.24, 2.45) is 0 Å². The number of hydrogen-bond donors (Lipinski definition) is 0. The topological polar surface area (TPSA) is 18.5 Å². The molecule has 0 aromatic rings. The maximum atomic E-state index is 5.51. The molecule has 0 saturated heterocycles. The van der Waals surface area contributed by atoms with Gasteiger partial charge in [0.25, 0.3) is 0 Å². The SMILES string of the molecule is CCOCCOC(C)(C)CBr. The zero-order chi connectivity index (χ0) is 8.74.